The van der Waals surface area contributed by atoms with Gasteiger partial charge < -0.3 is 10.1 Å². The first-order valence-corrected chi connectivity index (χ1v) is 8.92. The molecule has 124 valence electrons. The Morgan fingerprint density at radius 3 is 2.59 bits per heavy atom. The van der Waals surface area contributed by atoms with Crippen molar-refractivity contribution in [2.75, 3.05) is 0 Å². The van der Waals surface area contributed by atoms with E-state index >= 15 is 0 Å². The summed E-state index contributed by atoms with van der Waals surface area (Å²) in [4.78, 5) is 12.0. The Morgan fingerprint density at radius 2 is 1.95 bits per heavy atom. The highest BCUT2D eigenvalue weighted by atomic mass is 79.9. The lowest BCUT2D eigenvalue weighted by molar-refractivity contribution is 0.0501. The first kappa shape index (κ1) is 19.0. The molecule has 1 aliphatic carbocycles. The highest BCUT2D eigenvalue weighted by Gasteiger charge is 2.23. The molecule has 1 N–H and O–H groups in total. The summed E-state index contributed by atoms with van der Waals surface area (Å²) in [5.41, 5.74) is 2.08. The van der Waals surface area contributed by atoms with Gasteiger partial charge in [-0.05, 0) is 63.3 Å². The third-order valence-corrected chi connectivity index (χ3v) is 3.85. The largest absolute Gasteiger partial charge is 0.444 e. The van der Waals surface area contributed by atoms with E-state index in [1.165, 1.54) is 11.1 Å². The maximum Gasteiger partial charge on any atom is 0.408 e. The van der Waals surface area contributed by atoms with E-state index < -0.39 is 5.60 Å². The standard InChI is InChI=1S/C16H22BrNO2.C2H6/c1-16(2,3)20-15(19)18-14-7-5-4-6-11-10-12(17)8-9-13(11)14;1-2/h8-10,14H,4-7H2,1-3H3,(H,18,19);1-2H3. The summed E-state index contributed by atoms with van der Waals surface area (Å²) in [5, 5.41) is 3.01. The van der Waals surface area contributed by atoms with Crippen LogP contribution in [0.2, 0.25) is 0 Å². The van der Waals surface area contributed by atoms with Gasteiger partial charge in [0.15, 0.2) is 0 Å². The van der Waals surface area contributed by atoms with Crippen LogP contribution >= 0.6 is 15.9 Å². The van der Waals surface area contributed by atoms with Gasteiger partial charge in [-0.1, -0.05) is 42.3 Å². The second kappa shape index (κ2) is 8.56. The molecular formula is C18H28BrNO2. The van der Waals surface area contributed by atoms with Crippen LogP contribution in [0.4, 0.5) is 4.79 Å². The first-order chi connectivity index (χ1) is 10.3. The zero-order valence-corrected chi connectivity index (χ0v) is 15.9. The van der Waals surface area contributed by atoms with E-state index in [4.69, 9.17) is 4.74 Å². The van der Waals surface area contributed by atoms with Crippen molar-refractivity contribution in [3.63, 3.8) is 0 Å². The van der Waals surface area contributed by atoms with Crippen molar-refractivity contribution in [2.45, 2.75) is 71.9 Å². The van der Waals surface area contributed by atoms with Crippen LogP contribution in [0, 0.1) is 0 Å². The summed E-state index contributed by atoms with van der Waals surface area (Å²) in [5.74, 6) is 0. The molecule has 0 saturated carbocycles. The molecule has 1 aliphatic rings. The average molecular weight is 370 g/mol. The van der Waals surface area contributed by atoms with Crippen LogP contribution in [0.15, 0.2) is 22.7 Å². The van der Waals surface area contributed by atoms with Crippen LogP contribution in [0.25, 0.3) is 0 Å². The van der Waals surface area contributed by atoms with Crippen LogP contribution in [-0.4, -0.2) is 11.7 Å². The number of alkyl carbamates (subject to hydrolysis) is 1. The van der Waals surface area contributed by atoms with Gasteiger partial charge in [0.05, 0.1) is 6.04 Å². The van der Waals surface area contributed by atoms with Gasteiger partial charge in [0.2, 0.25) is 0 Å². The Balaban J connectivity index is 0.00000116. The molecule has 1 aromatic rings. The number of nitrogens with one attached hydrogen (secondary N) is 1. The second-order valence-electron chi connectivity index (χ2n) is 6.29. The molecule has 1 unspecified atom stereocenters. The highest BCUT2D eigenvalue weighted by Crippen LogP contribution is 2.30. The summed E-state index contributed by atoms with van der Waals surface area (Å²) >= 11 is 3.51. The fraction of sp³-hybridized carbons (Fsp3) is 0.611. The van der Waals surface area contributed by atoms with E-state index in [9.17, 15) is 4.79 Å². The van der Waals surface area contributed by atoms with E-state index in [1.54, 1.807) is 0 Å². The highest BCUT2D eigenvalue weighted by molar-refractivity contribution is 9.10. The lowest BCUT2D eigenvalue weighted by Gasteiger charge is -2.24. The molecule has 2 rings (SSSR count). The smallest absolute Gasteiger partial charge is 0.408 e. The Hall–Kier alpha value is -1.03. The molecule has 0 fully saturated rings. The molecule has 0 heterocycles. The van der Waals surface area contributed by atoms with E-state index in [-0.39, 0.29) is 12.1 Å². The molecule has 0 bridgehead atoms. The SMILES string of the molecule is CC.CC(C)(C)OC(=O)NC1CCCCc2cc(Br)ccc21. The monoisotopic (exact) mass is 369 g/mol. The minimum Gasteiger partial charge on any atom is -0.444 e. The van der Waals surface area contributed by atoms with E-state index in [2.05, 4.69) is 33.4 Å². The molecule has 0 spiro atoms. The van der Waals surface area contributed by atoms with Crippen molar-refractivity contribution in [3.05, 3.63) is 33.8 Å². The Bertz CT molecular complexity index is 494. The molecular weight excluding hydrogens is 342 g/mol. The van der Waals surface area contributed by atoms with Gasteiger partial charge in [-0.15, -0.1) is 0 Å². The normalized spacial score (nSPS) is 17.5. The lowest BCUT2D eigenvalue weighted by atomic mass is 9.99. The molecule has 0 aromatic heterocycles. The van der Waals surface area contributed by atoms with Crippen molar-refractivity contribution < 1.29 is 9.53 Å². The van der Waals surface area contributed by atoms with Gasteiger partial charge in [-0.3, -0.25) is 0 Å². The number of aryl methyl sites for hydroxylation is 1. The van der Waals surface area contributed by atoms with Gasteiger partial charge in [-0.25, -0.2) is 4.79 Å². The molecule has 3 nitrogen and oxygen atoms in total. The molecule has 0 radical (unpaired) electrons. The molecule has 0 aliphatic heterocycles. The number of halogens is 1. The maximum absolute atomic E-state index is 12.0. The summed E-state index contributed by atoms with van der Waals surface area (Å²) in [6, 6.07) is 6.35. The summed E-state index contributed by atoms with van der Waals surface area (Å²) in [6.07, 6.45) is 3.98. The van der Waals surface area contributed by atoms with Crippen molar-refractivity contribution in [3.8, 4) is 0 Å². The Labute approximate surface area is 143 Å². The Kier molecular flexibility index (Phi) is 7.40. The fourth-order valence-corrected chi connectivity index (χ4v) is 2.96. The Morgan fingerprint density at radius 1 is 1.27 bits per heavy atom. The van der Waals surface area contributed by atoms with Crippen molar-refractivity contribution in [2.24, 2.45) is 0 Å². The number of carbonyl (C=O) groups is 1. The number of amides is 1. The van der Waals surface area contributed by atoms with Crippen LogP contribution in [0.1, 0.15) is 71.0 Å². The third kappa shape index (κ3) is 5.99. The first-order valence-electron chi connectivity index (χ1n) is 8.13. The zero-order chi connectivity index (χ0) is 16.8. The van der Waals surface area contributed by atoms with Crippen molar-refractivity contribution >= 4 is 22.0 Å². The van der Waals surface area contributed by atoms with Gasteiger partial charge >= 0.3 is 6.09 Å². The number of carbonyl (C=O) groups excluding carboxylic acids is 1. The minimum atomic E-state index is -0.461. The van der Waals surface area contributed by atoms with E-state index in [0.717, 1.165) is 30.2 Å². The number of fused-ring (bicyclic) bond motifs is 1. The van der Waals surface area contributed by atoms with Crippen LogP contribution in [-0.2, 0) is 11.2 Å². The number of ether oxygens (including phenoxy) is 1. The summed E-state index contributed by atoms with van der Waals surface area (Å²) in [7, 11) is 0. The van der Waals surface area contributed by atoms with Gasteiger partial charge in [0.25, 0.3) is 0 Å². The van der Waals surface area contributed by atoms with E-state index in [1.807, 2.05) is 40.7 Å². The maximum atomic E-state index is 12.0. The van der Waals surface area contributed by atoms with Gasteiger partial charge in [0, 0.05) is 4.47 Å². The lowest BCUT2D eigenvalue weighted by Crippen LogP contribution is -2.35. The molecule has 4 heteroatoms. The van der Waals surface area contributed by atoms with Crippen molar-refractivity contribution in [1.29, 1.82) is 0 Å². The van der Waals surface area contributed by atoms with E-state index in [0.29, 0.717) is 0 Å². The fourth-order valence-electron chi connectivity index (χ4n) is 2.55. The minimum absolute atomic E-state index is 0.0513. The van der Waals surface area contributed by atoms with Gasteiger partial charge in [0.1, 0.15) is 5.60 Å². The third-order valence-electron chi connectivity index (χ3n) is 3.36. The molecule has 1 aromatic carbocycles. The molecule has 22 heavy (non-hydrogen) atoms. The quantitative estimate of drug-likeness (QED) is 0.638. The van der Waals surface area contributed by atoms with Crippen molar-refractivity contribution in [1.82, 2.24) is 5.32 Å². The van der Waals surface area contributed by atoms with Gasteiger partial charge in [-0.2, -0.15) is 0 Å². The summed E-state index contributed by atoms with van der Waals surface area (Å²) < 4.78 is 6.45. The van der Waals surface area contributed by atoms with Crippen LogP contribution in [0.3, 0.4) is 0 Å². The molecule has 1 atom stereocenters. The number of benzene rings is 1. The topological polar surface area (TPSA) is 38.3 Å². The average Bonchev–Trinajstić information content (AvgIpc) is 2.61. The van der Waals surface area contributed by atoms with Crippen LogP contribution < -0.4 is 5.32 Å². The summed E-state index contributed by atoms with van der Waals surface area (Å²) in [6.45, 7) is 9.64. The molecule has 1 amide bonds. The number of hydrogen-bond donors (Lipinski definition) is 1. The van der Waals surface area contributed by atoms with Crippen LogP contribution in [0.5, 0.6) is 0 Å². The second-order valence-corrected chi connectivity index (χ2v) is 7.20. The number of rotatable bonds is 1. The number of hydrogen-bond acceptors (Lipinski definition) is 2. The zero-order valence-electron chi connectivity index (χ0n) is 14.3. The predicted molar refractivity (Wildman–Crippen MR) is 95.2 cm³/mol. The molecule has 0 saturated heterocycles. The predicted octanol–water partition coefficient (Wildman–Crippen LogP) is 5.77.